The summed E-state index contributed by atoms with van der Waals surface area (Å²) in [5.74, 6) is 2.72. The van der Waals surface area contributed by atoms with Gasteiger partial charge in [0.25, 0.3) is 0 Å². The Morgan fingerprint density at radius 1 is 1.31 bits per heavy atom. The van der Waals surface area contributed by atoms with Crippen LogP contribution in [0.5, 0.6) is 0 Å². The SMILES string of the molecule is CC(=O)C1(C2CC3C=CC2C3)CC1. The van der Waals surface area contributed by atoms with Crippen LogP contribution in [0.4, 0.5) is 0 Å². The first-order valence-electron chi connectivity index (χ1n) is 5.42. The quantitative estimate of drug-likeness (QED) is 0.591. The molecule has 3 aliphatic rings. The molecule has 3 aliphatic carbocycles. The van der Waals surface area contributed by atoms with Crippen LogP contribution in [0.2, 0.25) is 0 Å². The number of carbonyl (C=O) groups is 1. The molecule has 0 aromatic rings. The highest BCUT2D eigenvalue weighted by Crippen LogP contribution is 2.62. The fraction of sp³-hybridized carbons (Fsp3) is 0.750. The van der Waals surface area contributed by atoms with Crippen molar-refractivity contribution in [1.82, 2.24) is 0 Å². The summed E-state index contributed by atoms with van der Waals surface area (Å²) < 4.78 is 0. The largest absolute Gasteiger partial charge is 0.299 e. The van der Waals surface area contributed by atoms with Crippen molar-refractivity contribution in [1.29, 1.82) is 0 Å². The van der Waals surface area contributed by atoms with E-state index >= 15 is 0 Å². The van der Waals surface area contributed by atoms with Gasteiger partial charge in [0.15, 0.2) is 0 Å². The van der Waals surface area contributed by atoms with E-state index in [1.807, 2.05) is 0 Å². The van der Waals surface area contributed by atoms with Gasteiger partial charge in [-0.15, -0.1) is 0 Å². The topological polar surface area (TPSA) is 17.1 Å². The zero-order valence-electron chi connectivity index (χ0n) is 8.12. The highest BCUT2D eigenvalue weighted by molar-refractivity contribution is 5.85. The average molecular weight is 176 g/mol. The van der Waals surface area contributed by atoms with Crippen molar-refractivity contribution in [2.45, 2.75) is 32.6 Å². The smallest absolute Gasteiger partial charge is 0.136 e. The van der Waals surface area contributed by atoms with Crippen LogP contribution in [0.25, 0.3) is 0 Å². The molecular weight excluding hydrogens is 160 g/mol. The maximum absolute atomic E-state index is 11.6. The molecule has 2 saturated carbocycles. The van der Waals surface area contributed by atoms with Gasteiger partial charge in [-0.05, 0) is 50.4 Å². The second-order valence-electron chi connectivity index (χ2n) is 5.10. The minimum atomic E-state index is 0.143. The standard InChI is InChI=1S/C12H16O/c1-8(13)12(4-5-12)11-7-9-2-3-10(11)6-9/h2-3,9-11H,4-7H2,1H3. The summed E-state index contributed by atoms with van der Waals surface area (Å²) in [7, 11) is 0. The van der Waals surface area contributed by atoms with Crippen LogP contribution in [0, 0.1) is 23.2 Å². The third-order valence-electron chi connectivity index (χ3n) is 4.48. The minimum Gasteiger partial charge on any atom is -0.299 e. The molecule has 0 aromatic carbocycles. The normalized spacial score (nSPS) is 43.9. The zero-order chi connectivity index (χ0) is 9.05. The van der Waals surface area contributed by atoms with Crippen molar-refractivity contribution in [3.8, 4) is 0 Å². The Morgan fingerprint density at radius 3 is 2.46 bits per heavy atom. The molecule has 2 fully saturated rings. The van der Waals surface area contributed by atoms with Crippen LogP contribution >= 0.6 is 0 Å². The third kappa shape index (κ3) is 0.905. The zero-order valence-corrected chi connectivity index (χ0v) is 8.12. The van der Waals surface area contributed by atoms with Gasteiger partial charge in [-0.2, -0.15) is 0 Å². The lowest BCUT2D eigenvalue weighted by atomic mass is 9.77. The highest BCUT2D eigenvalue weighted by atomic mass is 16.1. The third-order valence-corrected chi connectivity index (χ3v) is 4.48. The van der Waals surface area contributed by atoms with E-state index in [4.69, 9.17) is 0 Å². The van der Waals surface area contributed by atoms with E-state index in [-0.39, 0.29) is 5.41 Å². The Labute approximate surface area is 79.2 Å². The molecule has 0 aliphatic heterocycles. The molecule has 2 bridgehead atoms. The molecule has 0 saturated heterocycles. The van der Waals surface area contributed by atoms with Gasteiger partial charge in [0, 0.05) is 5.41 Å². The Hall–Kier alpha value is -0.590. The molecule has 1 heteroatoms. The van der Waals surface area contributed by atoms with Crippen molar-refractivity contribution < 1.29 is 4.79 Å². The molecule has 3 atom stereocenters. The van der Waals surface area contributed by atoms with Crippen LogP contribution in [-0.4, -0.2) is 5.78 Å². The average Bonchev–Trinajstić information content (AvgIpc) is 2.66. The molecule has 3 unspecified atom stereocenters. The molecule has 3 rings (SSSR count). The molecule has 1 nitrogen and oxygen atoms in total. The van der Waals surface area contributed by atoms with Gasteiger partial charge in [-0.3, -0.25) is 4.79 Å². The summed E-state index contributed by atoms with van der Waals surface area (Å²) in [5, 5.41) is 0. The second kappa shape index (κ2) is 2.26. The predicted molar refractivity (Wildman–Crippen MR) is 51.2 cm³/mol. The first-order valence-corrected chi connectivity index (χ1v) is 5.42. The van der Waals surface area contributed by atoms with Gasteiger partial charge >= 0.3 is 0 Å². The number of carbonyl (C=O) groups excluding carboxylic acids is 1. The lowest BCUT2D eigenvalue weighted by Crippen LogP contribution is -2.26. The maximum atomic E-state index is 11.6. The molecule has 0 aromatic heterocycles. The summed E-state index contributed by atoms with van der Waals surface area (Å²) in [6, 6.07) is 0. The number of allylic oxidation sites excluding steroid dienone is 2. The second-order valence-corrected chi connectivity index (χ2v) is 5.10. The Morgan fingerprint density at radius 2 is 2.08 bits per heavy atom. The fourth-order valence-electron chi connectivity index (χ4n) is 3.53. The monoisotopic (exact) mass is 176 g/mol. The van der Waals surface area contributed by atoms with E-state index < -0.39 is 0 Å². The van der Waals surface area contributed by atoms with Crippen molar-refractivity contribution in [2.24, 2.45) is 23.2 Å². The predicted octanol–water partition coefficient (Wildman–Crippen LogP) is 2.57. The number of fused-ring (bicyclic) bond motifs is 2. The van der Waals surface area contributed by atoms with Gasteiger partial charge in [-0.25, -0.2) is 0 Å². The fourth-order valence-corrected chi connectivity index (χ4v) is 3.53. The van der Waals surface area contributed by atoms with E-state index in [0.717, 1.165) is 11.8 Å². The number of hydrogen-bond acceptors (Lipinski definition) is 1. The van der Waals surface area contributed by atoms with Crippen molar-refractivity contribution in [3.05, 3.63) is 12.2 Å². The molecule has 13 heavy (non-hydrogen) atoms. The van der Waals surface area contributed by atoms with E-state index in [9.17, 15) is 4.79 Å². The minimum absolute atomic E-state index is 0.143. The molecule has 0 amide bonds. The van der Waals surface area contributed by atoms with Gasteiger partial charge < -0.3 is 0 Å². The molecule has 0 heterocycles. The van der Waals surface area contributed by atoms with E-state index in [0.29, 0.717) is 11.7 Å². The summed E-state index contributed by atoms with van der Waals surface area (Å²) in [4.78, 5) is 11.6. The van der Waals surface area contributed by atoms with E-state index in [1.165, 1.54) is 25.7 Å². The van der Waals surface area contributed by atoms with E-state index in [1.54, 1.807) is 6.92 Å². The van der Waals surface area contributed by atoms with E-state index in [2.05, 4.69) is 12.2 Å². The lowest BCUT2D eigenvalue weighted by molar-refractivity contribution is -0.124. The lowest BCUT2D eigenvalue weighted by Gasteiger charge is -2.26. The Bertz CT molecular complexity index is 285. The van der Waals surface area contributed by atoms with Gasteiger partial charge in [0.05, 0.1) is 0 Å². The van der Waals surface area contributed by atoms with Crippen LogP contribution in [0.1, 0.15) is 32.6 Å². The Balaban J connectivity index is 1.87. The highest BCUT2D eigenvalue weighted by Gasteiger charge is 2.58. The number of ketones is 1. The summed E-state index contributed by atoms with van der Waals surface area (Å²) in [6.07, 6.45) is 9.69. The molecule has 0 radical (unpaired) electrons. The van der Waals surface area contributed by atoms with Crippen molar-refractivity contribution in [2.75, 3.05) is 0 Å². The summed E-state index contributed by atoms with van der Waals surface area (Å²) >= 11 is 0. The number of Topliss-reactive ketones (excluding diaryl/α,β-unsaturated/α-hetero) is 1. The van der Waals surface area contributed by atoms with Gasteiger partial charge in [0.1, 0.15) is 5.78 Å². The first kappa shape index (κ1) is 7.78. The molecule has 70 valence electrons. The molecular formula is C12H16O. The number of hydrogen-bond donors (Lipinski definition) is 0. The maximum Gasteiger partial charge on any atom is 0.136 e. The van der Waals surface area contributed by atoms with Crippen molar-refractivity contribution >= 4 is 5.78 Å². The van der Waals surface area contributed by atoms with Crippen LogP contribution in [-0.2, 0) is 4.79 Å². The Kier molecular flexibility index (Phi) is 1.35. The van der Waals surface area contributed by atoms with Crippen LogP contribution in [0.3, 0.4) is 0 Å². The summed E-state index contributed by atoms with van der Waals surface area (Å²) in [5.41, 5.74) is 0.143. The molecule has 0 N–H and O–H groups in total. The number of rotatable bonds is 2. The van der Waals surface area contributed by atoms with Crippen LogP contribution in [0.15, 0.2) is 12.2 Å². The van der Waals surface area contributed by atoms with Gasteiger partial charge in [-0.1, -0.05) is 12.2 Å². The summed E-state index contributed by atoms with van der Waals surface area (Å²) in [6.45, 7) is 1.79. The van der Waals surface area contributed by atoms with Crippen LogP contribution < -0.4 is 0 Å². The van der Waals surface area contributed by atoms with Crippen molar-refractivity contribution in [3.63, 3.8) is 0 Å². The molecule has 0 spiro atoms. The van der Waals surface area contributed by atoms with Gasteiger partial charge in [0.2, 0.25) is 0 Å². The first-order chi connectivity index (χ1) is 6.22.